The van der Waals surface area contributed by atoms with Crippen molar-refractivity contribution in [1.29, 1.82) is 0 Å². The fourth-order valence-corrected chi connectivity index (χ4v) is 9.81. The highest BCUT2D eigenvalue weighted by Gasteiger charge is 2.19. The number of rotatable bonds is 63. The van der Waals surface area contributed by atoms with E-state index in [1.165, 1.54) is 173 Å². The summed E-state index contributed by atoms with van der Waals surface area (Å²) < 4.78 is 17.0. The molecular formula is C76H130O6. The number of hydrogen-bond acceptors (Lipinski definition) is 6. The molecule has 0 aliphatic rings. The molecule has 470 valence electrons. The summed E-state index contributed by atoms with van der Waals surface area (Å²) >= 11 is 0. The minimum atomic E-state index is -0.788. The summed E-state index contributed by atoms with van der Waals surface area (Å²) in [4.78, 5) is 38.4. The van der Waals surface area contributed by atoms with Gasteiger partial charge in [-0.3, -0.25) is 14.4 Å². The number of carbonyl (C=O) groups excluding carboxylic acids is 3. The monoisotopic (exact) mass is 1140 g/mol. The van der Waals surface area contributed by atoms with Crippen LogP contribution >= 0.6 is 0 Å². The molecule has 0 amide bonds. The molecule has 0 N–H and O–H groups in total. The second-order valence-electron chi connectivity index (χ2n) is 23.1. The highest BCUT2D eigenvalue weighted by molar-refractivity contribution is 5.71. The summed E-state index contributed by atoms with van der Waals surface area (Å²) in [5, 5.41) is 0. The van der Waals surface area contributed by atoms with E-state index in [1.54, 1.807) is 0 Å². The van der Waals surface area contributed by atoms with Crippen molar-refractivity contribution >= 4 is 17.9 Å². The zero-order valence-electron chi connectivity index (χ0n) is 54.0. The van der Waals surface area contributed by atoms with Crippen LogP contribution in [0.25, 0.3) is 0 Å². The van der Waals surface area contributed by atoms with Gasteiger partial charge < -0.3 is 14.2 Å². The van der Waals surface area contributed by atoms with Gasteiger partial charge in [-0.2, -0.15) is 0 Å². The second-order valence-corrected chi connectivity index (χ2v) is 23.1. The summed E-state index contributed by atoms with van der Waals surface area (Å²) in [6.07, 6.45) is 95.3. The van der Waals surface area contributed by atoms with Crippen molar-refractivity contribution in [3.05, 3.63) is 109 Å². The zero-order valence-corrected chi connectivity index (χ0v) is 54.0. The Morgan fingerprint density at radius 1 is 0.256 bits per heavy atom. The zero-order chi connectivity index (χ0) is 59.2. The van der Waals surface area contributed by atoms with Crippen molar-refractivity contribution < 1.29 is 28.6 Å². The Morgan fingerprint density at radius 2 is 0.476 bits per heavy atom. The van der Waals surface area contributed by atoms with E-state index in [2.05, 4.69) is 130 Å². The van der Waals surface area contributed by atoms with Crippen LogP contribution in [-0.2, 0) is 28.6 Å². The highest BCUT2D eigenvalue weighted by Crippen LogP contribution is 2.17. The third-order valence-corrected chi connectivity index (χ3v) is 15.0. The van der Waals surface area contributed by atoms with E-state index >= 15 is 0 Å². The van der Waals surface area contributed by atoms with Gasteiger partial charge in [0.25, 0.3) is 0 Å². The Bertz CT molecular complexity index is 1640. The van der Waals surface area contributed by atoms with Crippen LogP contribution in [0.4, 0.5) is 0 Å². The van der Waals surface area contributed by atoms with Gasteiger partial charge in [0.2, 0.25) is 0 Å². The fraction of sp³-hybridized carbons (Fsp3) is 0.724. The summed E-state index contributed by atoms with van der Waals surface area (Å²) in [6.45, 7) is 6.53. The van der Waals surface area contributed by atoms with Crippen LogP contribution in [0.1, 0.15) is 335 Å². The molecule has 1 unspecified atom stereocenters. The predicted octanol–water partition coefficient (Wildman–Crippen LogP) is 24.2. The topological polar surface area (TPSA) is 78.9 Å². The standard InChI is InChI=1S/C76H130O6/c1-4-7-10-13-16-19-22-25-27-29-31-33-35-37-38-40-41-43-45-47-49-51-54-57-60-63-66-69-75(78)81-72-73(71-80-74(77)68-65-62-59-56-53-24-21-18-15-12-9-6-3)82-76(79)70-67-64-61-58-55-52-50-48-46-44-42-39-36-34-32-30-28-26-23-20-17-14-11-8-5-2/h8,11,17,20,22,25-26,28-29,31-32,34-35,37,39,42,46,48,73H,4-7,9-10,12-16,18-19,21,23-24,27,30,33,36,38,40-41,43-45,47,49-72H2,1-3H3/b11-8-,20-17-,25-22-,28-26-,31-29-,34-32-,37-35-,42-39-,48-46-. The third-order valence-electron chi connectivity index (χ3n) is 15.0. The van der Waals surface area contributed by atoms with Gasteiger partial charge >= 0.3 is 17.9 Å². The number of carbonyl (C=O) groups is 3. The number of esters is 3. The molecule has 0 aliphatic carbocycles. The van der Waals surface area contributed by atoms with Crippen LogP contribution in [0.15, 0.2) is 109 Å². The van der Waals surface area contributed by atoms with Crippen LogP contribution in [0.3, 0.4) is 0 Å². The van der Waals surface area contributed by atoms with Crippen molar-refractivity contribution in [3.8, 4) is 0 Å². The first-order valence-corrected chi connectivity index (χ1v) is 34.9. The van der Waals surface area contributed by atoms with Gasteiger partial charge in [0.1, 0.15) is 13.2 Å². The highest BCUT2D eigenvalue weighted by atomic mass is 16.6. The number of unbranched alkanes of at least 4 members (excludes halogenated alkanes) is 34. The number of allylic oxidation sites excluding steroid dienone is 18. The van der Waals surface area contributed by atoms with E-state index in [9.17, 15) is 14.4 Å². The van der Waals surface area contributed by atoms with E-state index in [0.717, 1.165) is 122 Å². The van der Waals surface area contributed by atoms with E-state index in [1.807, 2.05) is 0 Å². The molecule has 0 rings (SSSR count). The Morgan fingerprint density at radius 3 is 0.744 bits per heavy atom. The number of ether oxygens (including phenoxy) is 3. The Balaban J connectivity index is 4.31. The van der Waals surface area contributed by atoms with E-state index < -0.39 is 6.10 Å². The lowest BCUT2D eigenvalue weighted by Crippen LogP contribution is -2.30. The van der Waals surface area contributed by atoms with Crippen LogP contribution in [0, 0.1) is 0 Å². The smallest absolute Gasteiger partial charge is 0.306 e. The average molecular weight is 1140 g/mol. The minimum Gasteiger partial charge on any atom is -0.462 e. The molecule has 1 atom stereocenters. The van der Waals surface area contributed by atoms with Gasteiger partial charge in [-0.25, -0.2) is 0 Å². The molecule has 0 aromatic heterocycles. The lowest BCUT2D eigenvalue weighted by atomic mass is 10.0. The number of hydrogen-bond donors (Lipinski definition) is 0. The van der Waals surface area contributed by atoms with Crippen molar-refractivity contribution in [2.75, 3.05) is 13.2 Å². The van der Waals surface area contributed by atoms with Gasteiger partial charge in [0.15, 0.2) is 6.10 Å². The van der Waals surface area contributed by atoms with Gasteiger partial charge in [-0.15, -0.1) is 0 Å². The SMILES string of the molecule is CC/C=C\C/C=C\C/C=C\C/C=C\C/C=C\C/C=C\CCCCCCCCC(=O)OC(COC(=O)CCCCCCCCCCCCCC)COC(=O)CCCCCCCCCCCCCC/C=C\C/C=C\C/C=C\CCCCCCC. The Labute approximate surface area is 508 Å². The largest absolute Gasteiger partial charge is 0.462 e. The van der Waals surface area contributed by atoms with Gasteiger partial charge in [0.05, 0.1) is 0 Å². The maximum Gasteiger partial charge on any atom is 0.306 e. The summed E-state index contributed by atoms with van der Waals surface area (Å²) in [5.74, 6) is -0.887. The van der Waals surface area contributed by atoms with E-state index in [-0.39, 0.29) is 31.1 Å². The van der Waals surface area contributed by atoms with E-state index in [4.69, 9.17) is 14.2 Å². The summed E-state index contributed by atoms with van der Waals surface area (Å²) in [7, 11) is 0. The summed E-state index contributed by atoms with van der Waals surface area (Å²) in [5.41, 5.74) is 0. The molecule has 0 saturated carbocycles. The lowest BCUT2D eigenvalue weighted by Gasteiger charge is -2.18. The molecule has 0 bridgehead atoms. The molecule has 0 fully saturated rings. The Hall–Kier alpha value is -3.93. The van der Waals surface area contributed by atoms with Crippen molar-refractivity contribution in [2.45, 2.75) is 341 Å². The minimum absolute atomic E-state index is 0.0826. The normalized spacial score (nSPS) is 12.8. The molecule has 0 aliphatic heterocycles. The lowest BCUT2D eigenvalue weighted by molar-refractivity contribution is -0.167. The van der Waals surface area contributed by atoms with Gasteiger partial charge in [-0.05, 0) is 109 Å². The molecule has 6 heteroatoms. The molecule has 0 heterocycles. The third kappa shape index (κ3) is 66.9. The van der Waals surface area contributed by atoms with Crippen LogP contribution in [0.5, 0.6) is 0 Å². The average Bonchev–Trinajstić information content (AvgIpc) is 3.47. The molecule has 0 spiro atoms. The maximum absolute atomic E-state index is 12.9. The maximum atomic E-state index is 12.9. The van der Waals surface area contributed by atoms with Gasteiger partial charge in [-0.1, -0.05) is 316 Å². The molecule has 0 aromatic rings. The quantitative estimate of drug-likeness (QED) is 0.0261. The molecule has 0 aromatic carbocycles. The van der Waals surface area contributed by atoms with Gasteiger partial charge in [0, 0.05) is 19.3 Å². The first-order valence-electron chi connectivity index (χ1n) is 34.9. The van der Waals surface area contributed by atoms with E-state index in [0.29, 0.717) is 19.3 Å². The van der Waals surface area contributed by atoms with Crippen molar-refractivity contribution in [3.63, 3.8) is 0 Å². The van der Waals surface area contributed by atoms with Crippen LogP contribution in [0.2, 0.25) is 0 Å². The fourth-order valence-electron chi connectivity index (χ4n) is 9.81. The van der Waals surface area contributed by atoms with Crippen molar-refractivity contribution in [1.82, 2.24) is 0 Å². The Kier molecular flexibility index (Phi) is 66.2. The molecule has 0 saturated heterocycles. The molecule has 82 heavy (non-hydrogen) atoms. The van der Waals surface area contributed by atoms with Crippen LogP contribution < -0.4 is 0 Å². The summed E-state index contributed by atoms with van der Waals surface area (Å²) in [6, 6.07) is 0. The van der Waals surface area contributed by atoms with Crippen LogP contribution in [-0.4, -0.2) is 37.2 Å². The first-order chi connectivity index (χ1) is 40.5. The second kappa shape index (κ2) is 69.6. The molecule has 6 nitrogen and oxygen atoms in total. The molecule has 0 radical (unpaired) electrons. The first kappa shape index (κ1) is 78.1. The molecular weight excluding hydrogens is 1010 g/mol. The van der Waals surface area contributed by atoms with Crippen molar-refractivity contribution in [2.24, 2.45) is 0 Å². The predicted molar refractivity (Wildman–Crippen MR) is 357 cm³/mol.